The molecule has 0 aromatic carbocycles. The molecule has 0 radical (unpaired) electrons. The standard InChI is InChI=1S/C14H18ClN3/c1-10-2-4-11(5-3-10)18-13-6-7-16-9-12(13)17-14(18)8-15/h6-7,9-11H,2-5,8H2,1H3. The highest BCUT2D eigenvalue weighted by Crippen LogP contribution is 2.35. The highest BCUT2D eigenvalue weighted by atomic mass is 35.5. The topological polar surface area (TPSA) is 30.7 Å². The fourth-order valence-corrected chi connectivity index (χ4v) is 3.19. The van der Waals surface area contributed by atoms with E-state index in [0.29, 0.717) is 11.9 Å². The molecule has 1 saturated carbocycles. The molecule has 0 N–H and O–H groups in total. The zero-order chi connectivity index (χ0) is 12.5. The van der Waals surface area contributed by atoms with E-state index in [1.807, 2.05) is 12.4 Å². The van der Waals surface area contributed by atoms with Gasteiger partial charge in [-0.05, 0) is 37.7 Å². The maximum Gasteiger partial charge on any atom is 0.125 e. The summed E-state index contributed by atoms with van der Waals surface area (Å²) in [5.41, 5.74) is 2.15. The number of hydrogen-bond donors (Lipinski definition) is 0. The molecule has 96 valence electrons. The first-order chi connectivity index (χ1) is 8.79. The number of aromatic nitrogens is 3. The van der Waals surface area contributed by atoms with E-state index in [1.54, 1.807) is 0 Å². The average Bonchev–Trinajstić information content (AvgIpc) is 2.78. The molecule has 18 heavy (non-hydrogen) atoms. The quantitative estimate of drug-likeness (QED) is 0.769. The van der Waals surface area contributed by atoms with Gasteiger partial charge in [-0.15, -0.1) is 11.6 Å². The second-order valence-electron chi connectivity index (χ2n) is 5.31. The van der Waals surface area contributed by atoms with E-state index in [2.05, 4.69) is 27.5 Å². The highest BCUT2D eigenvalue weighted by Gasteiger charge is 2.23. The van der Waals surface area contributed by atoms with E-state index in [0.717, 1.165) is 17.3 Å². The van der Waals surface area contributed by atoms with Crippen molar-refractivity contribution in [2.45, 2.75) is 44.5 Å². The van der Waals surface area contributed by atoms with Crippen LogP contribution in [0.4, 0.5) is 0 Å². The van der Waals surface area contributed by atoms with E-state index in [4.69, 9.17) is 11.6 Å². The minimum atomic E-state index is 0.473. The summed E-state index contributed by atoms with van der Waals surface area (Å²) < 4.78 is 2.34. The van der Waals surface area contributed by atoms with E-state index in [1.165, 1.54) is 31.2 Å². The zero-order valence-corrected chi connectivity index (χ0v) is 11.4. The van der Waals surface area contributed by atoms with Crippen molar-refractivity contribution < 1.29 is 0 Å². The number of nitrogens with zero attached hydrogens (tertiary/aromatic N) is 3. The van der Waals surface area contributed by atoms with E-state index in [9.17, 15) is 0 Å². The van der Waals surface area contributed by atoms with Gasteiger partial charge in [0.2, 0.25) is 0 Å². The molecule has 0 bridgehead atoms. The first-order valence-corrected chi connectivity index (χ1v) is 7.20. The maximum absolute atomic E-state index is 6.05. The van der Waals surface area contributed by atoms with Crippen molar-refractivity contribution >= 4 is 22.6 Å². The number of alkyl halides is 1. The minimum Gasteiger partial charge on any atom is -0.324 e. The molecule has 0 amide bonds. The normalized spacial score (nSPS) is 24.6. The van der Waals surface area contributed by atoms with Crippen molar-refractivity contribution in [2.75, 3.05) is 0 Å². The summed E-state index contributed by atoms with van der Waals surface area (Å²) in [5.74, 6) is 2.32. The molecule has 2 aromatic rings. The Morgan fingerprint density at radius 2 is 2.11 bits per heavy atom. The van der Waals surface area contributed by atoms with Crippen molar-refractivity contribution in [1.82, 2.24) is 14.5 Å². The molecule has 0 saturated heterocycles. The van der Waals surface area contributed by atoms with Crippen molar-refractivity contribution in [3.63, 3.8) is 0 Å². The molecule has 2 aromatic heterocycles. The summed E-state index contributed by atoms with van der Waals surface area (Å²) in [6, 6.07) is 2.61. The Hall–Kier alpha value is -1.09. The van der Waals surface area contributed by atoms with Gasteiger partial charge in [0.1, 0.15) is 11.3 Å². The summed E-state index contributed by atoms with van der Waals surface area (Å²) in [6.45, 7) is 2.34. The fraction of sp³-hybridized carbons (Fsp3) is 0.571. The monoisotopic (exact) mass is 263 g/mol. The molecule has 1 aliphatic rings. The summed E-state index contributed by atoms with van der Waals surface area (Å²) in [4.78, 5) is 8.73. The van der Waals surface area contributed by atoms with Gasteiger partial charge >= 0.3 is 0 Å². The summed E-state index contributed by atoms with van der Waals surface area (Å²) in [5, 5.41) is 0. The van der Waals surface area contributed by atoms with Gasteiger partial charge in [0.15, 0.2) is 0 Å². The van der Waals surface area contributed by atoms with Gasteiger partial charge in [0, 0.05) is 12.2 Å². The minimum absolute atomic E-state index is 0.473. The predicted molar refractivity (Wildman–Crippen MR) is 73.8 cm³/mol. The predicted octanol–water partition coefficient (Wildman–Crippen LogP) is 3.92. The van der Waals surface area contributed by atoms with Gasteiger partial charge in [0.05, 0.1) is 17.6 Å². The molecule has 0 unspecified atom stereocenters. The molecule has 3 rings (SSSR count). The van der Waals surface area contributed by atoms with Gasteiger partial charge in [-0.2, -0.15) is 0 Å². The van der Waals surface area contributed by atoms with E-state index in [-0.39, 0.29) is 0 Å². The SMILES string of the molecule is CC1CCC(n2c(CCl)nc3cnccc32)CC1. The average molecular weight is 264 g/mol. The number of rotatable bonds is 2. The van der Waals surface area contributed by atoms with Crippen LogP contribution in [0.1, 0.15) is 44.5 Å². The van der Waals surface area contributed by atoms with Crippen LogP contribution < -0.4 is 0 Å². The van der Waals surface area contributed by atoms with Crippen LogP contribution in [0.5, 0.6) is 0 Å². The molecule has 1 aliphatic carbocycles. The summed E-state index contributed by atoms with van der Waals surface area (Å²) in [6.07, 6.45) is 8.74. The van der Waals surface area contributed by atoms with Gasteiger partial charge in [-0.1, -0.05) is 6.92 Å². The highest BCUT2D eigenvalue weighted by molar-refractivity contribution is 6.16. The lowest BCUT2D eigenvalue weighted by molar-refractivity contribution is 0.290. The van der Waals surface area contributed by atoms with Crippen molar-refractivity contribution in [1.29, 1.82) is 0 Å². The smallest absolute Gasteiger partial charge is 0.125 e. The molecule has 3 nitrogen and oxygen atoms in total. The molecule has 2 heterocycles. The lowest BCUT2D eigenvalue weighted by Crippen LogP contribution is -2.18. The van der Waals surface area contributed by atoms with Crippen molar-refractivity contribution in [2.24, 2.45) is 5.92 Å². The Balaban J connectivity index is 2.04. The molecule has 4 heteroatoms. The van der Waals surface area contributed by atoms with Crippen LogP contribution in [-0.2, 0) is 5.88 Å². The first-order valence-electron chi connectivity index (χ1n) is 6.66. The second kappa shape index (κ2) is 4.88. The summed E-state index contributed by atoms with van der Waals surface area (Å²) >= 11 is 6.05. The Bertz CT molecular complexity index is 541. The van der Waals surface area contributed by atoms with Crippen LogP contribution in [0, 0.1) is 5.92 Å². The summed E-state index contributed by atoms with van der Waals surface area (Å²) in [7, 11) is 0. The number of halogens is 1. The Kier molecular flexibility index (Phi) is 3.25. The number of fused-ring (bicyclic) bond motifs is 1. The second-order valence-corrected chi connectivity index (χ2v) is 5.58. The van der Waals surface area contributed by atoms with Gasteiger partial charge < -0.3 is 4.57 Å². The lowest BCUT2D eigenvalue weighted by Gasteiger charge is -2.28. The Morgan fingerprint density at radius 1 is 1.33 bits per heavy atom. The third-order valence-corrected chi connectivity index (χ3v) is 4.27. The molecule has 0 atom stereocenters. The molecule has 0 aliphatic heterocycles. The van der Waals surface area contributed by atoms with Gasteiger partial charge in [-0.25, -0.2) is 4.98 Å². The molecule has 0 spiro atoms. The zero-order valence-electron chi connectivity index (χ0n) is 10.6. The number of pyridine rings is 1. The van der Waals surface area contributed by atoms with Gasteiger partial charge in [-0.3, -0.25) is 4.98 Å². The maximum atomic E-state index is 6.05. The molecular weight excluding hydrogens is 246 g/mol. The van der Waals surface area contributed by atoms with E-state index < -0.39 is 0 Å². The molecule has 1 fully saturated rings. The van der Waals surface area contributed by atoms with Crippen molar-refractivity contribution in [3.05, 3.63) is 24.3 Å². The van der Waals surface area contributed by atoms with Crippen molar-refractivity contribution in [3.8, 4) is 0 Å². The third-order valence-electron chi connectivity index (χ3n) is 4.03. The first kappa shape index (κ1) is 12.0. The van der Waals surface area contributed by atoms with Crippen LogP contribution >= 0.6 is 11.6 Å². The Morgan fingerprint density at radius 3 is 2.83 bits per heavy atom. The number of hydrogen-bond acceptors (Lipinski definition) is 2. The lowest BCUT2D eigenvalue weighted by atomic mass is 9.87. The number of imidazole rings is 1. The molecular formula is C14H18ClN3. The van der Waals surface area contributed by atoms with Crippen LogP contribution in [0.3, 0.4) is 0 Å². The largest absolute Gasteiger partial charge is 0.324 e. The Labute approximate surface area is 112 Å². The van der Waals surface area contributed by atoms with Crippen LogP contribution in [-0.4, -0.2) is 14.5 Å². The van der Waals surface area contributed by atoms with Crippen LogP contribution in [0.25, 0.3) is 11.0 Å². The van der Waals surface area contributed by atoms with E-state index >= 15 is 0 Å². The third kappa shape index (κ3) is 2.01. The van der Waals surface area contributed by atoms with Crippen LogP contribution in [0.2, 0.25) is 0 Å². The van der Waals surface area contributed by atoms with Crippen LogP contribution in [0.15, 0.2) is 18.5 Å². The fourth-order valence-electron chi connectivity index (χ4n) is 3.00. The van der Waals surface area contributed by atoms with Gasteiger partial charge in [0.25, 0.3) is 0 Å².